The number of nitrogens with zero attached hydrogens (tertiary/aromatic N) is 1. The number of halogens is 1. The lowest BCUT2D eigenvalue weighted by atomic mass is 10.1. The van der Waals surface area contributed by atoms with Gasteiger partial charge in [0, 0.05) is 11.8 Å². The molecule has 0 bridgehead atoms. The first-order valence-electron chi connectivity index (χ1n) is 4.12. The summed E-state index contributed by atoms with van der Waals surface area (Å²) >= 11 is 0. The summed E-state index contributed by atoms with van der Waals surface area (Å²) in [5.74, 6) is 0.337. The molecule has 0 aromatic carbocycles. The van der Waals surface area contributed by atoms with Gasteiger partial charge in [-0.3, -0.25) is 0 Å². The maximum absolute atomic E-state index is 13.4. The van der Waals surface area contributed by atoms with E-state index < -0.39 is 6.17 Å². The standard InChI is InChI=1S/C9H13FN2O/c1-13-9-7(3-2-6-12-9)8(10)4-5-11/h2-3,6,8H,4-5,11H2,1H3. The first-order chi connectivity index (χ1) is 6.29. The Bertz CT molecular complexity index is 268. The molecule has 0 amide bonds. The Labute approximate surface area is 76.7 Å². The molecular formula is C9H13FN2O. The van der Waals surface area contributed by atoms with Crippen LogP contribution in [0, 0.1) is 0 Å². The number of aromatic nitrogens is 1. The largest absolute Gasteiger partial charge is 0.481 e. The SMILES string of the molecule is COc1ncccc1C(F)CCN. The van der Waals surface area contributed by atoms with Gasteiger partial charge in [0.15, 0.2) is 0 Å². The number of alkyl halides is 1. The summed E-state index contributed by atoms with van der Waals surface area (Å²) in [5.41, 5.74) is 5.73. The van der Waals surface area contributed by atoms with Crippen molar-refractivity contribution in [3.63, 3.8) is 0 Å². The maximum Gasteiger partial charge on any atom is 0.219 e. The van der Waals surface area contributed by atoms with Crippen molar-refractivity contribution in [1.29, 1.82) is 0 Å². The number of ether oxygens (including phenoxy) is 1. The maximum atomic E-state index is 13.4. The van der Waals surface area contributed by atoms with Crippen LogP contribution in [0.3, 0.4) is 0 Å². The predicted octanol–water partition coefficient (Wildman–Crippen LogP) is 1.45. The summed E-state index contributed by atoms with van der Waals surface area (Å²) in [6, 6.07) is 3.34. The molecule has 0 radical (unpaired) electrons. The first-order valence-corrected chi connectivity index (χ1v) is 4.12. The Morgan fingerprint density at radius 3 is 3.08 bits per heavy atom. The molecule has 1 rings (SSSR count). The fraction of sp³-hybridized carbons (Fsp3) is 0.444. The highest BCUT2D eigenvalue weighted by atomic mass is 19.1. The van der Waals surface area contributed by atoms with Crippen LogP contribution < -0.4 is 10.5 Å². The van der Waals surface area contributed by atoms with Crippen molar-refractivity contribution >= 4 is 0 Å². The highest BCUT2D eigenvalue weighted by molar-refractivity contribution is 5.27. The zero-order valence-electron chi connectivity index (χ0n) is 7.53. The van der Waals surface area contributed by atoms with E-state index >= 15 is 0 Å². The molecule has 72 valence electrons. The highest BCUT2D eigenvalue weighted by Crippen LogP contribution is 2.27. The quantitative estimate of drug-likeness (QED) is 0.770. The minimum absolute atomic E-state index is 0.294. The minimum atomic E-state index is -1.09. The molecular weight excluding hydrogens is 171 g/mol. The van der Waals surface area contributed by atoms with Gasteiger partial charge in [-0.25, -0.2) is 9.37 Å². The predicted molar refractivity (Wildman–Crippen MR) is 48.3 cm³/mol. The lowest BCUT2D eigenvalue weighted by molar-refractivity contribution is 0.306. The van der Waals surface area contributed by atoms with Crippen molar-refractivity contribution < 1.29 is 9.13 Å². The Morgan fingerprint density at radius 1 is 1.69 bits per heavy atom. The summed E-state index contributed by atoms with van der Waals surface area (Å²) in [6.07, 6.45) is 0.771. The summed E-state index contributed by atoms with van der Waals surface area (Å²) in [4.78, 5) is 3.90. The van der Waals surface area contributed by atoms with Gasteiger partial charge in [0.05, 0.1) is 7.11 Å². The second kappa shape index (κ2) is 4.77. The minimum Gasteiger partial charge on any atom is -0.481 e. The average molecular weight is 184 g/mol. The number of methoxy groups -OCH3 is 1. The van der Waals surface area contributed by atoms with Crippen LogP contribution in [-0.4, -0.2) is 18.6 Å². The number of pyridine rings is 1. The highest BCUT2D eigenvalue weighted by Gasteiger charge is 2.14. The van der Waals surface area contributed by atoms with Crippen LogP contribution in [0.25, 0.3) is 0 Å². The van der Waals surface area contributed by atoms with Crippen LogP contribution in [0.2, 0.25) is 0 Å². The van der Waals surface area contributed by atoms with Crippen molar-refractivity contribution in [2.45, 2.75) is 12.6 Å². The van der Waals surface area contributed by atoms with Crippen LogP contribution in [0.1, 0.15) is 18.2 Å². The number of rotatable bonds is 4. The van der Waals surface area contributed by atoms with Gasteiger partial charge in [0.25, 0.3) is 0 Å². The van der Waals surface area contributed by atoms with Crippen LogP contribution in [0.15, 0.2) is 18.3 Å². The molecule has 0 saturated heterocycles. The van der Waals surface area contributed by atoms with E-state index in [1.54, 1.807) is 18.3 Å². The Kier molecular flexibility index (Phi) is 3.64. The van der Waals surface area contributed by atoms with Gasteiger partial charge < -0.3 is 10.5 Å². The molecule has 0 fully saturated rings. The molecule has 0 aliphatic heterocycles. The molecule has 1 heterocycles. The summed E-state index contributed by atoms with van der Waals surface area (Å²) in [6.45, 7) is 0.319. The zero-order chi connectivity index (χ0) is 9.68. The van der Waals surface area contributed by atoms with Gasteiger partial charge in [-0.1, -0.05) is 0 Å². The molecule has 1 aromatic rings. The van der Waals surface area contributed by atoms with E-state index in [0.29, 0.717) is 24.4 Å². The van der Waals surface area contributed by atoms with Crippen molar-refractivity contribution in [3.8, 4) is 5.88 Å². The van der Waals surface area contributed by atoms with Gasteiger partial charge in [-0.15, -0.1) is 0 Å². The van der Waals surface area contributed by atoms with E-state index in [2.05, 4.69) is 4.98 Å². The van der Waals surface area contributed by atoms with Crippen molar-refractivity contribution in [1.82, 2.24) is 4.98 Å². The van der Waals surface area contributed by atoms with E-state index in [0.717, 1.165) is 0 Å². The van der Waals surface area contributed by atoms with E-state index in [1.165, 1.54) is 7.11 Å². The summed E-state index contributed by atoms with van der Waals surface area (Å²) in [7, 11) is 1.47. The molecule has 0 aliphatic carbocycles. The molecule has 1 aromatic heterocycles. The van der Waals surface area contributed by atoms with Gasteiger partial charge in [-0.05, 0) is 25.1 Å². The first kappa shape index (κ1) is 9.92. The molecule has 1 unspecified atom stereocenters. The molecule has 2 N–H and O–H groups in total. The summed E-state index contributed by atoms with van der Waals surface area (Å²) < 4.78 is 18.3. The smallest absolute Gasteiger partial charge is 0.219 e. The van der Waals surface area contributed by atoms with Crippen LogP contribution >= 0.6 is 0 Å². The van der Waals surface area contributed by atoms with Gasteiger partial charge >= 0.3 is 0 Å². The third kappa shape index (κ3) is 2.39. The van der Waals surface area contributed by atoms with Crippen LogP contribution in [0.4, 0.5) is 4.39 Å². The molecule has 0 saturated carbocycles. The second-order valence-electron chi connectivity index (χ2n) is 2.65. The van der Waals surface area contributed by atoms with Crippen molar-refractivity contribution in [2.75, 3.05) is 13.7 Å². The average Bonchev–Trinajstić information content (AvgIpc) is 2.18. The Balaban J connectivity index is 2.85. The van der Waals surface area contributed by atoms with Crippen LogP contribution in [-0.2, 0) is 0 Å². The Morgan fingerprint density at radius 2 is 2.46 bits per heavy atom. The third-order valence-electron chi connectivity index (χ3n) is 1.75. The molecule has 0 aliphatic rings. The molecule has 3 nitrogen and oxygen atoms in total. The fourth-order valence-electron chi connectivity index (χ4n) is 1.11. The van der Waals surface area contributed by atoms with Crippen molar-refractivity contribution in [3.05, 3.63) is 23.9 Å². The number of hydrogen-bond acceptors (Lipinski definition) is 3. The lowest BCUT2D eigenvalue weighted by Crippen LogP contribution is -2.05. The fourth-order valence-corrected chi connectivity index (χ4v) is 1.11. The molecule has 4 heteroatoms. The number of hydrogen-bond donors (Lipinski definition) is 1. The van der Waals surface area contributed by atoms with Crippen molar-refractivity contribution in [2.24, 2.45) is 5.73 Å². The lowest BCUT2D eigenvalue weighted by Gasteiger charge is -2.09. The normalized spacial score (nSPS) is 12.5. The van der Waals surface area contributed by atoms with Gasteiger partial charge in [0.1, 0.15) is 6.17 Å². The van der Waals surface area contributed by atoms with Gasteiger partial charge in [0.2, 0.25) is 5.88 Å². The van der Waals surface area contributed by atoms with E-state index in [1.807, 2.05) is 0 Å². The second-order valence-corrected chi connectivity index (χ2v) is 2.65. The van der Waals surface area contributed by atoms with E-state index in [9.17, 15) is 4.39 Å². The van der Waals surface area contributed by atoms with E-state index in [-0.39, 0.29) is 0 Å². The Hall–Kier alpha value is -1.16. The monoisotopic (exact) mass is 184 g/mol. The van der Waals surface area contributed by atoms with E-state index in [4.69, 9.17) is 10.5 Å². The topological polar surface area (TPSA) is 48.1 Å². The zero-order valence-corrected chi connectivity index (χ0v) is 7.53. The molecule has 1 atom stereocenters. The molecule has 0 spiro atoms. The van der Waals surface area contributed by atoms with Crippen LogP contribution in [0.5, 0.6) is 5.88 Å². The summed E-state index contributed by atoms with van der Waals surface area (Å²) in [5, 5.41) is 0. The molecule has 13 heavy (non-hydrogen) atoms. The third-order valence-corrected chi connectivity index (χ3v) is 1.75. The van der Waals surface area contributed by atoms with Gasteiger partial charge in [-0.2, -0.15) is 0 Å². The number of nitrogens with two attached hydrogens (primary N) is 1.